The van der Waals surface area contributed by atoms with Crippen molar-refractivity contribution in [1.82, 2.24) is 4.98 Å². The molecule has 0 fully saturated rings. The third-order valence-electron chi connectivity index (χ3n) is 2.11. The van der Waals surface area contributed by atoms with Gasteiger partial charge in [-0.3, -0.25) is 0 Å². The van der Waals surface area contributed by atoms with Gasteiger partial charge in [-0.15, -0.1) is 11.3 Å². The van der Waals surface area contributed by atoms with E-state index in [1.807, 2.05) is 42.3 Å². The second kappa shape index (κ2) is 4.11. The number of aromatic nitrogens is 1. The quantitative estimate of drug-likeness (QED) is 0.773. The van der Waals surface area contributed by atoms with E-state index < -0.39 is 0 Å². The van der Waals surface area contributed by atoms with Crippen LogP contribution in [0.4, 0.5) is 11.5 Å². The Hall–Kier alpha value is -1.86. The summed E-state index contributed by atoms with van der Waals surface area (Å²) in [5, 5.41) is 8.90. The second-order valence-electron chi connectivity index (χ2n) is 3.01. The van der Waals surface area contributed by atoms with Crippen molar-refractivity contribution in [1.29, 1.82) is 5.26 Å². The number of para-hydroxylation sites is 1. The molecule has 0 saturated heterocycles. The molecule has 0 atom stereocenters. The van der Waals surface area contributed by atoms with E-state index in [1.165, 1.54) is 11.3 Å². The van der Waals surface area contributed by atoms with E-state index in [9.17, 15) is 0 Å². The van der Waals surface area contributed by atoms with Crippen LogP contribution in [-0.2, 0) is 0 Å². The van der Waals surface area contributed by atoms with Crippen LogP contribution in [0.3, 0.4) is 0 Å². The van der Waals surface area contributed by atoms with Crippen molar-refractivity contribution in [3.8, 4) is 6.07 Å². The van der Waals surface area contributed by atoms with E-state index in [2.05, 4.69) is 11.1 Å². The molecular weight excluding hydrogens is 206 g/mol. The van der Waals surface area contributed by atoms with Gasteiger partial charge in [0.15, 0.2) is 5.82 Å². The molecule has 0 aliphatic heterocycles. The maximum absolute atomic E-state index is 8.90. The predicted molar refractivity (Wildman–Crippen MR) is 61.3 cm³/mol. The Morgan fingerprint density at radius 2 is 2.07 bits per heavy atom. The number of nitrogens with zero attached hydrogens (tertiary/aromatic N) is 3. The van der Waals surface area contributed by atoms with E-state index in [0.29, 0.717) is 10.7 Å². The van der Waals surface area contributed by atoms with Crippen molar-refractivity contribution in [2.24, 2.45) is 0 Å². The van der Waals surface area contributed by atoms with E-state index in [4.69, 9.17) is 5.26 Å². The van der Waals surface area contributed by atoms with Gasteiger partial charge in [-0.05, 0) is 12.1 Å². The summed E-state index contributed by atoms with van der Waals surface area (Å²) in [6, 6.07) is 12.0. The lowest BCUT2D eigenvalue weighted by Crippen LogP contribution is -2.10. The average Bonchev–Trinajstić information content (AvgIpc) is 2.77. The van der Waals surface area contributed by atoms with Gasteiger partial charge in [0.1, 0.15) is 10.9 Å². The van der Waals surface area contributed by atoms with Crippen LogP contribution in [0.2, 0.25) is 0 Å². The van der Waals surface area contributed by atoms with Gasteiger partial charge in [-0.2, -0.15) is 5.26 Å². The Morgan fingerprint density at radius 1 is 1.33 bits per heavy atom. The summed E-state index contributed by atoms with van der Waals surface area (Å²) in [7, 11) is 1.91. The number of hydrogen-bond donors (Lipinski definition) is 0. The van der Waals surface area contributed by atoms with Crippen LogP contribution < -0.4 is 4.90 Å². The molecule has 0 aliphatic rings. The van der Waals surface area contributed by atoms with Crippen molar-refractivity contribution in [2.75, 3.05) is 11.9 Å². The summed E-state index contributed by atoms with van der Waals surface area (Å²) in [6.07, 6.45) is 0. The van der Waals surface area contributed by atoms with Gasteiger partial charge in [-0.1, -0.05) is 18.2 Å². The first-order valence-electron chi connectivity index (χ1n) is 4.45. The first-order chi connectivity index (χ1) is 7.33. The van der Waals surface area contributed by atoms with Crippen molar-refractivity contribution in [3.05, 3.63) is 40.7 Å². The van der Waals surface area contributed by atoms with Crippen molar-refractivity contribution >= 4 is 22.8 Å². The Morgan fingerprint density at radius 3 is 2.73 bits per heavy atom. The molecule has 0 unspecified atom stereocenters. The highest BCUT2D eigenvalue weighted by molar-refractivity contribution is 7.10. The van der Waals surface area contributed by atoms with Crippen LogP contribution in [0.15, 0.2) is 35.8 Å². The average molecular weight is 215 g/mol. The number of rotatable bonds is 2. The zero-order chi connectivity index (χ0) is 10.7. The van der Waals surface area contributed by atoms with Gasteiger partial charge in [0.25, 0.3) is 0 Å². The number of thiazole rings is 1. The molecule has 0 aliphatic carbocycles. The number of benzene rings is 1. The monoisotopic (exact) mass is 215 g/mol. The molecule has 0 amide bonds. The molecule has 0 N–H and O–H groups in total. The molecule has 1 aromatic carbocycles. The summed E-state index contributed by atoms with van der Waals surface area (Å²) < 4.78 is 0. The summed E-state index contributed by atoms with van der Waals surface area (Å²) >= 11 is 1.36. The van der Waals surface area contributed by atoms with Crippen LogP contribution in [0.25, 0.3) is 0 Å². The standard InChI is InChI=1S/C11H9N3S/c1-14(9-5-3-2-4-6-9)11-10(7-12)15-8-13-11/h2-6,8H,1H3. The molecule has 2 aromatic rings. The summed E-state index contributed by atoms with van der Waals surface area (Å²) in [5.74, 6) is 0.716. The summed E-state index contributed by atoms with van der Waals surface area (Å²) in [4.78, 5) is 6.74. The lowest BCUT2D eigenvalue weighted by Gasteiger charge is -2.16. The zero-order valence-corrected chi connectivity index (χ0v) is 9.03. The fourth-order valence-corrected chi connectivity index (χ4v) is 1.94. The van der Waals surface area contributed by atoms with Gasteiger partial charge >= 0.3 is 0 Å². The van der Waals surface area contributed by atoms with Gasteiger partial charge in [0, 0.05) is 12.7 Å². The molecule has 0 saturated carbocycles. The molecule has 0 spiro atoms. The second-order valence-corrected chi connectivity index (χ2v) is 3.87. The van der Waals surface area contributed by atoms with Crippen molar-refractivity contribution in [3.63, 3.8) is 0 Å². The molecular formula is C11H9N3S. The highest BCUT2D eigenvalue weighted by Crippen LogP contribution is 2.26. The first-order valence-corrected chi connectivity index (χ1v) is 5.33. The van der Waals surface area contributed by atoms with Crippen LogP contribution in [0.5, 0.6) is 0 Å². The summed E-state index contributed by atoms with van der Waals surface area (Å²) in [5.41, 5.74) is 2.72. The van der Waals surface area contributed by atoms with E-state index in [-0.39, 0.29) is 0 Å². The molecule has 15 heavy (non-hydrogen) atoms. The summed E-state index contributed by atoms with van der Waals surface area (Å²) in [6.45, 7) is 0. The largest absolute Gasteiger partial charge is 0.328 e. The lowest BCUT2D eigenvalue weighted by molar-refractivity contribution is 1.15. The minimum absolute atomic E-state index is 0.640. The van der Waals surface area contributed by atoms with E-state index in [0.717, 1.165) is 5.69 Å². The zero-order valence-electron chi connectivity index (χ0n) is 8.21. The molecule has 0 radical (unpaired) electrons. The van der Waals surface area contributed by atoms with Crippen LogP contribution >= 0.6 is 11.3 Å². The number of anilines is 2. The maximum atomic E-state index is 8.90. The fraction of sp³-hybridized carbons (Fsp3) is 0.0909. The third kappa shape index (κ3) is 1.83. The van der Waals surface area contributed by atoms with Crippen LogP contribution in [-0.4, -0.2) is 12.0 Å². The highest BCUT2D eigenvalue weighted by Gasteiger charge is 2.11. The smallest absolute Gasteiger partial charge is 0.161 e. The SMILES string of the molecule is CN(c1ccccc1)c1ncsc1C#N. The molecule has 1 heterocycles. The third-order valence-corrected chi connectivity index (χ3v) is 2.83. The van der Waals surface area contributed by atoms with Gasteiger partial charge in [0.2, 0.25) is 0 Å². The van der Waals surface area contributed by atoms with Gasteiger partial charge < -0.3 is 4.90 Å². The normalized spacial score (nSPS) is 9.60. The fourth-order valence-electron chi connectivity index (χ4n) is 1.33. The Balaban J connectivity index is 2.38. The topological polar surface area (TPSA) is 39.9 Å². The van der Waals surface area contributed by atoms with Crippen LogP contribution in [0.1, 0.15) is 4.88 Å². The van der Waals surface area contributed by atoms with Crippen LogP contribution in [0, 0.1) is 11.3 Å². The van der Waals surface area contributed by atoms with E-state index in [1.54, 1.807) is 5.51 Å². The van der Waals surface area contributed by atoms with Crippen molar-refractivity contribution in [2.45, 2.75) is 0 Å². The number of hydrogen-bond acceptors (Lipinski definition) is 4. The predicted octanol–water partition coefficient (Wildman–Crippen LogP) is 2.78. The Bertz CT molecular complexity index is 484. The first kappa shape index (κ1) is 9.69. The molecule has 4 heteroatoms. The Kier molecular flexibility index (Phi) is 2.66. The van der Waals surface area contributed by atoms with Gasteiger partial charge in [-0.25, -0.2) is 4.98 Å². The maximum Gasteiger partial charge on any atom is 0.161 e. The van der Waals surface area contributed by atoms with E-state index >= 15 is 0 Å². The van der Waals surface area contributed by atoms with Crippen molar-refractivity contribution < 1.29 is 0 Å². The minimum atomic E-state index is 0.640. The molecule has 1 aromatic heterocycles. The molecule has 74 valence electrons. The highest BCUT2D eigenvalue weighted by atomic mass is 32.1. The number of nitriles is 1. The Labute approximate surface area is 92.2 Å². The molecule has 2 rings (SSSR count). The molecule has 0 bridgehead atoms. The van der Waals surface area contributed by atoms with Gasteiger partial charge in [0.05, 0.1) is 5.51 Å². The lowest BCUT2D eigenvalue weighted by atomic mass is 10.3. The molecule has 3 nitrogen and oxygen atoms in total. The minimum Gasteiger partial charge on any atom is -0.328 e.